The van der Waals surface area contributed by atoms with Gasteiger partial charge in [0.1, 0.15) is 5.69 Å². The lowest BCUT2D eigenvalue weighted by molar-refractivity contribution is 0.0725. The van der Waals surface area contributed by atoms with Crippen LogP contribution in [-0.4, -0.2) is 21.8 Å². The van der Waals surface area contributed by atoms with Gasteiger partial charge in [0.15, 0.2) is 0 Å². The number of aromatic nitrogens is 1. The first-order valence-electron chi connectivity index (χ1n) is 6.27. The average Bonchev–Trinajstić information content (AvgIpc) is 3.11. The summed E-state index contributed by atoms with van der Waals surface area (Å²) in [4.78, 5) is 18.4. The van der Waals surface area contributed by atoms with Gasteiger partial charge >= 0.3 is 0 Å². The van der Waals surface area contributed by atoms with Gasteiger partial charge in [-0.2, -0.15) is 0 Å². The summed E-state index contributed by atoms with van der Waals surface area (Å²) in [5.74, 6) is 0.0283. The molecule has 98 valence electrons. The highest BCUT2D eigenvalue weighted by Crippen LogP contribution is 2.29. The van der Waals surface area contributed by atoms with Crippen molar-refractivity contribution in [3.05, 3.63) is 46.4 Å². The van der Waals surface area contributed by atoms with Gasteiger partial charge in [0.25, 0.3) is 5.91 Å². The molecule has 0 atom stereocenters. The van der Waals surface area contributed by atoms with E-state index in [1.807, 2.05) is 29.2 Å². The third kappa shape index (κ3) is 2.76. The van der Waals surface area contributed by atoms with Crippen molar-refractivity contribution in [3.8, 4) is 0 Å². The summed E-state index contributed by atoms with van der Waals surface area (Å²) in [7, 11) is 0. The molecule has 1 heterocycles. The predicted octanol–water partition coefficient (Wildman–Crippen LogP) is 2.53. The summed E-state index contributed by atoms with van der Waals surface area (Å²) < 4.78 is 0. The zero-order valence-corrected chi connectivity index (χ0v) is 11.3. The fourth-order valence-electron chi connectivity index (χ4n) is 2.04. The van der Waals surface area contributed by atoms with E-state index in [9.17, 15) is 4.79 Å². The Morgan fingerprint density at radius 3 is 2.68 bits per heavy atom. The molecule has 1 aromatic heterocycles. The molecular formula is C14H15N3OS. The zero-order chi connectivity index (χ0) is 13.2. The minimum absolute atomic E-state index is 0.0283. The molecular weight excluding hydrogens is 258 g/mol. The molecule has 19 heavy (non-hydrogen) atoms. The fourth-order valence-corrected chi connectivity index (χ4v) is 2.56. The Bertz CT molecular complexity index is 561. The maximum atomic E-state index is 12.4. The second-order valence-electron chi connectivity index (χ2n) is 4.78. The summed E-state index contributed by atoms with van der Waals surface area (Å²) >= 11 is 1.45. The van der Waals surface area contributed by atoms with Crippen molar-refractivity contribution in [1.82, 2.24) is 9.88 Å². The third-order valence-electron chi connectivity index (χ3n) is 3.23. The van der Waals surface area contributed by atoms with Gasteiger partial charge in [-0.15, -0.1) is 11.3 Å². The lowest BCUT2D eigenvalue weighted by Crippen LogP contribution is -2.32. The molecule has 5 heteroatoms. The minimum atomic E-state index is 0.0283. The second-order valence-corrected chi connectivity index (χ2v) is 5.50. The van der Waals surface area contributed by atoms with Gasteiger partial charge in [-0.3, -0.25) is 4.79 Å². The summed E-state index contributed by atoms with van der Waals surface area (Å²) in [6, 6.07) is 8.05. The van der Waals surface area contributed by atoms with Gasteiger partial charge in [-0.1, -0.05) is 12.1 Å². The molecule has 2 aromatic rings. The Labute approximate surface area is 115 Å². The molecule has 1 fully saturated rings. The maximum absolute atomic E-state index is 12.4. The molecule has 0 spiro atoms. The van der Waals surface area contributed by atoms with Gasteiger partial charge in [0.2, 0.25) is 0 Å². The van der Waals surface area contributed by atoms with Crippen LogP contribution in [0.4, 0.5) is 5.69 Å². The van der Waals surface area contributed by atoms with E-state index in [2.05, 4.69) is 4.98 Å². The zero-order valence-electron chi connectivity index (χ0n) is 10.5. The van der Waals surface area contributed by atoms with E-state index in [0.29, 0.717) is 18.3 Å². The molecule has 1 aliphatic carbocycles. The number of hydrogen-bond acceptors (Lipinski definition) is 4. The van der Waals surface area contributed by atoms with Gasteiger partial charge in [0.05, 0.1) is 5.51 Å². The molecule has 2 N–H and O–H groups in total. The van der Waals surface area contributed by atoms with Crippen molar-refractivity contribution < 1.29 is 4.79 Å². The summed E-state index contributed by atoms with van der Waals surface area (Å²) in [6.07, 6.45) is 2.18. The van der Waals surface area contributed by atoms with Gasteiger partial charge < -0.3 is 10.6 Å². The molecule has 1 aliphatic rings. The number of nitrogens with two attached hydrogens (primary N) is 1. The number of thiazole rings is 1. The number of nitrogen functional groups attached to an aromatic ring is 1. The molecule has 3 rings (SSSR count). The van der Waals surface area contributed by atoms with Crippen LogP contribution in [-0.2, 0) is 6.54 Å². The van der Waals surface area contributed by atoms with Crippen molar-refractivity contribution in [2.45, 2.75) is 25.4 Å². The Kier molecular flexibility index (Phi) is 3.21. The van der Waals surface area contributed by atoms with Crippen molar-refractivity contribution in [2.24, 2.45) is 0 Å². The summed E-state index contributed by atoms with van der Waals surface area (Å²) in [5.41, 5.74) is 9.77. The number of rotatable bonds is 4. The van der Waals surface area contributed by atoms with Crippen LogP contribution in [0.3, 0.4) is 0 Å². The highest BCUT2D eigenvalue weighted by molar-refractivity contribution is 7.07. The van der Waals surface area contributed by atoms with Crippen LogP contribution in [0.1, 0.15) is 28.9 Å². The van der Waals surface area contributed by atoms with E-state index in [4.69, 9.17) is 5.73 Å². The normalized spacial score (nSPS) is 14.3. The summed E-state index contributed by atoms with van der Waals surface area (Å²) in [5, 5.41) is 1.81. The standard InChI is InChI=1S/C14H15N3OS/c15-11-3-1-10(2-4-11)7-17(12-5-6-12)14(18)13-8-19-9-16-13/h1-4,8-9,12H,5-7,15H2. The molecule has 0 bridgehead atoms. The van der Waals surface area contributed by atoms with Crippen LogP contribution < -0.4 is 5.73 Å². The van der Waals surface area contributed by atoms with E-state index in [0.717, 1.165) is 24.1 Å². The van der Waals surface area contributed by atoms with Crippen molar-refractivity contribution >= 4 is 22.9 Å². The van der Waals surface area contributed by atoms with Gasteiger partial charge in [-0.05, 0) is 30.5 Å². The fraction of sp³-hybridized carbons (Fsp3) is 0.286. The third-order valence-corrected chi connectivity index (χ3v) is 3.82. The highest BCUT2D eigenvalue weighted by Gasteiger charge is 2.33. The second kappa shape index (κ2) is 5.01. The van der Waals surface area contributed by atoms with Crippen molar-refractivity contribution in [2.75, 3.05) is 5.73 Å². The van der Waals surface area contributed by atoms with Crippen LogP contribution in [0.2, 0.25) is 0 Å². The minimum Gasteiger partial charge on any atom is -0.399 e. The number of amides is 1. The quantitative estimate of drug-likeness (QED) is 0.871. The van der Waals surface area contributed by atoms with E-state index >= 15 is 0 Å². The van der Waals surface area contributed by atoms with Crippen molar-refractivity contribution in [3.63, 3.8) is 0 Å². The number of carbonyl (C=O) groups excluding carboxylic acids is 1. The first kappa shape index (κ1) is 12.2. The Balaban J connectivity index is 1.78. The van der Waals surface area contributed by atoms with E-state index in [1.54, 1.807) is 10.9 Å². The summed E-state index contributed by atoms with van der Waals surface area (Å²) in [6.45, 7) is 0.626. The number of nitrogens with zero attached hydrogens (tertiary/aromatic N) is 2. The first-order valence-corrected chi connectivity index (χ1v) is 7.22. The molecule has 1 aromatic carbocycles. The molecule has 1 amide bonds. The molecule has 4 nitrogen and oxygen atoms in total. The topological polar surface area (TPSA) is 59.2 Å². The highest BCUT2D eigenvalue weighted by atomic mass is 32.1. The van der Waals surface area contributed by atoms with Crippen LogP contribution in [0.5, 0.6) is 0 Å². The monoisotopic (exact) mass is 273 g/mol. The van der Waals surface area contributed by atoms with Crippen LogP contribution >= 0.6 is 11.3 Å². The first-order chi connectivity index (χ1) is 9.24. The number of anilines is 1. The van der Waals surface area contributed by atoms with Gasteiger partial charge in [0, 0.05) is 23.7 Å². The lowest BCUT2D eigenvalue weighted by Gasteiger charge is -2.21. The largest absolute Gasteiger partial charge is 0.399 e. The number of benzene rings is 1. The molecule has 1 saturated carbocycles. The number of carbonyl (C=O) groups is 1. The van der Waals surface area contributed by atoms with Crippen LogP contribution in [0, 0.1) is 0 Å². The molecule has 0 saturated heterocycles. The predicted molar refractivity (Wildman–Crippen MR) is 75.9 cm³/mol. The number of hydrogen-bond donors (Lipinski definition) is 1. The van der Waals surface area contributed by atoms with Crippen LogP contribution in [0.25, 0.3) is 0 Å². The van der Waals surface area contributed by atoms with E-state index < -0.39 is 0 Å². The Hall–Kier alpha value is -1.88. The maximum Gasteiger partial charge on any atom is 0.273 e. The Morgan fingerprint density at radius 1 is 1.37 bits per heavy atom. The SMILES string of the molecule is Nc1ccc(CN(C(=O)c2cscn2)C2CC2)cc1. The lowest BCUT2D eigenvalue weighted by atomic mass is 10.2. The molecule has 0 aliphatic heterocycles. The van der Waals surface area contributed by atoms with E-state index in [1.165, 1.54) is 11.3 Å². The van der Waals surface area contributed by atoms with Crippen LogP contribution in [0.15, 0.2) is 35.2 Å². The average molecular weight is 273 g/mol. The van der Waals surface area contributed by atoms with E-state index in [-0.39, 0.29) is 5.91 Å². The molecule has 0 unspecified atom stereocenters. The van der Waals surface area contributed by atoms with Gasteiger partial charge in [-0.25, -0.2) is 4.98 Å². The molecule has 0 radical (unpaired) electrons. The smallest absolute Gasteiger partial charge is 0.273 e. The van der Waals surface area contributed by atoms with Crippen molar-refractivity contribution in [1.29, 1.82) is 0 Å². The Morgan fingerprint density at radius 2 is 2.11 bits per heavy atom.